The third-order valence-electron chi connectivity index (χ3n) is 1.42. The first-order chi connectivity index (χ1) is 5.79. The number of aromatic nitrogens is 2. The lowest BCUT2D eigenvalue weighted by Gasteiger charge is -1.99. The topological polar surface area (TPSA) is 83.8 Å². The molecule has 5 nitrogen and oxygen atoms in total. The number of nitrogens with one attached hydrogen (secondary N) is 2. The fourth-order valence-corrected chi connectivity index (χ4v) is 0.818. The number of H-pyrrole nitrogens is 1. The number of aromatic amines is 1. The van der Waals surface area contributed by atoms with Crippen molar-refractivity contribution in [3.63, 3.8) is 0 Å². The van der Waals surface area contributed by atoms with Crippen LogP contribution in [-0.4, -0.2) is 22.6 Å². The average Bonchev–Trinajstić information content (AvgIpc) is 2.49. The molecule has 0 saturated heterocycles. The summed E-state index contributed by atoms with van der Waals surface area (Å²) >= 11 is 0. The Labute approximate surface area is 70.3 Å². The highest BCUT2D eigenvalue weighted by atomic mass is 16.1. The van der Waals surface area contributed by atoms with Crippen molar-refractivity contribution < 1.29 is 4.79 Å². The van der Waals surface area contributed by atoms with Crippen molar-refractivity contribution in [2.45, 2.75) is 13.0 Å². The van der Waals surface area contributed by atoms with Crippen LogP contribution in [0.5, 0.6) is 0 Å². The Morgan fingerprint density at radius 3 is 3.17 bits per heavy atom. The molecule has 0 bridgehead atoms. The first kappa shape index (κ1) is 8.73. The Hall–Kier alpha value is -1.36. The van der Waals surface area contributed by atoms with Gasteiger partial charge in [0.2, 0.25) is 5.91 Å². The van der Waals surface area contributed by atoms with Crippen molar-refractivity contribution in [3.05, 3.63) is 18.0 Å². The predicted molar refractivity (Wildman–Crippen MR) is 44.1 cm³/mol. The van der Waals surface area contributed by atoms with Crippen molar-refractivity contribution >= 4 is 5.91 Å². The van der Waals surface area contributed by atoms with E-state index in [4.69, 9.17) is 5.73 Å². The molecular formula is C7H12N4O. The summed E-state index contributed by atoms with van der Waals surface area (Å²) in [5.41, 5.74) is 5.95. The fourth-order valence-electron chi connectivity index (χ4n) is 0.818. The fraction of sp³-hybridized carbons (Fsp3) is 0.429. The van der Waals surface area contributed by atoms with E-state index < -0.39 is 0 Å². The minimum absolute atomic E-state index is 0.285. The largest absolute Gasteiger partial charge is 0.370 e. The van der Waals surface area contributed by atoms with Crippen LogP contribution in [0.3, 0.4) is 0 Å². The molecule has 1 aromatic rings. The van der Waals surface area contributed by atoms with Crippen LogP contribution >= 0.6 is 0 Å². The van der Waals surface area contributed by atoms with Gasteiger partial charge < -0.3 is 11.1 Å². The van der Waals surface area contributed by atoms with Gasteiger partial charge in [0.15, 0.2) is 0 Å². The molecule has 0 saturated carbocycles. The van der Waals surface area contributed by atoms with Crippen molar-refractivity contribution in [1.82, 2.24) is 15.5 Å². The van der Waals surface area contributed by atoms with Crippen LogP contribution in [0.2, 0.25) is 0 Å². The molecule has 0 aliphatic carbocycles. The Morgan fingerprint density at radius 1 is 1.75 bits per heavy atom. The van der Waals surface area contributed by atoms with Crippen molar-refractivity contribution in [3.8, 4) is 0 Å². The Balaban J connectivity index is 2.07. The van der Waals surface area contributed by atoms with Gasteiger partial charge in [0.25, 0.3) is 0 Å². The Morgan fingerprint density at radius 2 is 2.58 bits per heavy atom. The maximum atomic E-state index is 10.3. The number of hydrogen-bond donors (Lipinski definition) is 3. The maximum Gasteiger partial charge on any atom is 0.218 e. The van der Waals surface area contributed by atoms with E-state index in [-0.39, 0.29) is 5.91 Å². The standard InChI is InChI=1S/C7H12N4O/c8-7(12)2-3-9-5-6-1-4-10-11-6/h1,4,9H,2-3,5H2,(H2,8,12)(H,10,11). The summed E-state index contributed by atoms with van der Waals surface area (Å²) < 4.78 is 0. The molecule has 4 N–H and O–H groups in total. The lowest BCUT2D eigenvalue weighted by Crippen LogP contribution is -2.21. The highest BCUT2D eigenvalue weighted by Gasteiger charge is 1.94. The monoisotopic (exact) mass is 168 g/mol. The molecular weight excluding hydrogens is 156 g/mol. The van der Waals surface area contributed by atoms with Crippen molar-refractivity contribution in [2.75, 3.05) is 6.54 Å². The average molecular weight is 168 g/mol. The second kappa shape index (κ2) is 4.50. The highest BCUT2D eigenvalue weighted by molar-refractivity contribution is 5.73. The van der Waals surface area contributed by atoms with Crippen LogP contribution in [0.4, 0.5) is 0 Å². The number of nitrogens with two attached hydrogens (primary N) is 1. The molecule has 0 aliphatic heterocycles. The molecule has 0 aromatic carbocycles. The number of nitrogens with zero attached hydrogens (tertiary/aromatic N) is 1. The van der Waals surface area contributed by atoms with Crippen LogP contribution in [-0.2, 0) is 11.3 Å². The summed E-state index contributed by atoms with van der Waals surface area (Å²) in [5.74, 6) is -0.285. The maximum absolute atomic E-state index is 10.3. The number of primary amides is 1. The molecule has 1 rings (SSSR count). The summed E-state index contributed by atoms with van der Waals surface area (Å²) in [4.78, 5) is 10.3. The molecule has 0 radical (unpaired) electrons. The van der Waals surface area contributed by atoms with Crippen molar-refractivity contribution in [1.29, 1.82) is 0 Å². The van der Waals surface area contributed by atoms with E-state index in [2.05, 4.69) is 15.5 Å². The highest BCUT2D eigenvalue weighted by Crippen LogP contribution is 1.89. The minimum Gasteiger partial charge on any atom is -0.370 e. The quantitative estimate of drug-likeness (QED) is 0.512. The smallest absolute Gasteiger partial charge is 0.218 e. The van der Waals surface area contributed by atoms with Crippen LogP contribution in [0, 0.1) is 0 Å². The van der Waals surface area contributed by atoms with Gasteiger partial charge in [-0.25, -0.2) is 0 Å². The van der Waals surface area contributed by atoms with E-state index in [0.29, 0.717) is 19.5 Å². The number of amides is 1. The van der Waals surface area contributed by atoms with Gasteiger partial charge in [-0.05, 0) is 6.07 Å². The first-order valence-corrected chi connectivity index (χ1v) is 3.76. The van der Waals surface area contributed by atoms with Gasteiger partial charge in [0, 0.05) is 31.4 Å². The number of rotatable bonds is 5. The van der Waals surface area contributed by atoms with Gasteiger partial charge in [-0.3, -0.25) is 9.89 Å². The van der Waals surface area contributed by atoms with Gasteiger partial charge >= 0.3 is 0 Å². The zero-order valence-corrected chi connectivity index (χ0v) is 6.71. The normalized spacial score (nSPS) is 10.0. The van der Waals surface area contributed by atoms with E-state index >= 15 is 0 Å². The van der Waals surface area contributed by atoms with Gasteiger partial charge in [-0.1, -0.05) is 0 Å². The lowest BCUT2D eigenvalue weighted by atomic mass is 10.4. The van der Waals surface area contributed by atoms with Crippen LogP contribution in [0.1, 0.15) is 12.1 Å². The van der Waals surface area contributed by atoms with E-state index in [0.717, 1.165) is 5.69 Å². The van der Waals surface area contributed by atoms with E-state index in [1.54, 1.807) is 6.20 Å². The molecule has 0 atom stereocenters. The predicted octanol–water partition coefficient (Wildman–Crippen LogP) is -0.625. The van der Waals surface area contributed by atoms with E-state index in [1.807, 2.05) is 6.07 Å². The molecule has 1 amide bonds. The number of carbonyl (C=O) groups is 1. The van der Waals surface area contributed by atoms with Crippen molar-refractivity contribution in [2.24, 2.45) is 5.73 Å². The van der Waals surface area contributed by atoms with Gasteiger partial charge in [-0.2, -0.15) is 5.10 Å². The number of hydrogen-bond acceptors (Lipinski definition) is 3. The zero-order valence-electron chi connectivity index (χ0n) is 6.71. The van der Waals surface area contributed by atoms with Gasteiger partial charge in [0.1, 0.15) is 0 Å². The van der Waals surface area contributed by atoms with E-state index in [9.17, 15) is 4.79 Å². The number of carbonyl (C=O) groups excluding carboxylic acids is 1. The second-order valence-electron chi connectivity index (χ2n) is 2.47. The summed E-state index contributed by atoms with van der Waals surface area (Å²) in [6, 6.07) is 1.87. The molecule has 66 valence electrons. The van der Waals surface area contributed by atoms with Crippen LogP contribution in [0.15, 0.2) is 12.3 Å². The molecule has 0 fully saturated rings. The van der Waals surface area contributed by atoms with Crippen LogP contribution < -0.4 is 11.1 Å². The Kier molecular flexibility index (Phi) is 3.28. The molecule has 0 unspecified atom stereocenters. The minimum atomic E-state index is -0.285. The third kappa shape index (κ3) is 3.16. The first-order valence-electron chi connectivity index (χ1n) is 3.76. The molecule has 1 heterocycles. The van der Waals surface area contributed by atoms with E-state index in [1.165, 1.54) is 0 Å². The summed E-state index contributed by atoms with van der Waals surface area (Å²) in [5, 5.41) is 9.62. The SMILES string of the molecule is NC(=O)CCNCc1ccn[nH]1. The third-order valence-corrected chi connectivity index (χ3v) is 1.42. The lowest BCUT2D eigenvalue weighted by molar-refractivity contribution is -0.117. The molecule has 5 heteroatoms. The van der Waals surface area contributed by atoms with Gasteiger partial charge in [-0.15, -0.1) is 0 Å². The molecule has 0 aliphatic rings. The summed E-state index contributed by atoms with van der Waals surface area (Å²) in [7, 11) is 0. The summed E-state index contributed by atoms with van der Waals surface area (Å²) in [6.45, 7) is 1.29. The Bertz CT molecular complexity index is 232. The zero-order chi connectivity index (χ0) is 8.81. The van der Waals surface area contributed by atoms with Gasteiger partial charge in [0.05, 0.1) is 0 Å². The summed E-state index contributed by atoms with van der Waals surface area (Å²) in [6.07, 6.45) is 2.05. The molecule has 1 aromatic heterocycles. The molecule has 0 spiro atoms. The van der Waals surface area contributed by atoms with Crippen LogP contribution in [0.25, 0.3) is 0 Å². The molecule has 12 heavy (non-hydrogen) atoms. The second-order valence-corrected chi connectivity index (χ2v) is 2.47.